The van der Waals surface area contributed by atoms with Crippen molar-refractivity contribution in [1.29, 1.82) is 0 Å². The minimum Gasteiger partial charge on any atom is -0.450 e. The van der Waals surface area contributed by atoms with Crippen molar-refractivity contribution in [1.82, 2.24) is 10.2 Å². The number of amides is 3. The maximum absolute atomic E-state index is 12.0. The standard InChI is InChI=1S/C17H21N3O3/c1-3-13-6-5-7-15(12-13)19-16(21)18-14-8-10-20(11-9-14)17(22)23-4-2/h1,5-7,12,14H,4,8-11H2,2H3,(H2,18,19,21). The molecule has 1 heterocycles. The fraction of sp³-hybridized carbons (Fsp3) is 0.412. The minimum atomic E-state index is -0.290. The lowest BCUT2D eigenvalue weighted by atomic mass is 10.1. The van der Waals surface area contributed by atoms with Crippen molar-refractivity contribution in [3.05, 3.63) is 29.8 Å². The fourth-order valence-corrected chi connectivity index (χ4v) is 2.46. The van der Waals surface area contributed by atoms with Gasteiger partial charge < -0.3 is 20.3 Å². The van der Waals surface area contributed by atoms with Crippen molar-refractivity contribution >= 4 is 17.8 Å². The highest BCUT2D eigenvalue weighted by atomic mass is 16.6. The highest BCUT2D eigenvalue weighted by Crippen LogP contribution is 2.13. The number of piperidine rings is 1. The summed E-state index contributed by atoms with van der Waals surface area (Å²) >= 11 is 0. The Hall–Kier alpha value is -2.68. The van der Waals surface area contributed by atoms with Crippen LogP contribution in [0.25, 0.3) is 0 Å². The first-order valence-electron chi connectivity index (χ1n) is 7.68. The van der Waals surface area contributed by atoms with Crippen LogP contribution in [0.5, 0.6) is 0 Å². The number of benzene rings is 1. The second-order valence-corrected chi connectivity index (χ2v) is 5.28. The van der Waals surface area contributed by atoms with Crippen LogP contribution in [0.3, 0.4) is 0 Å². The van der Waals surface area contributed by atoms with E-state index in [-0.39, 0.29) is 18.2 Å². The van der Waals surface area contributed by atoms with Crippen LogP contribution in [0.1, 0.15) is 25.3 Å². The van der Waals surface area contributed by atoms with Crippen molar-refractivity contribution in [2.75, 3.05) is 25.0 Å². The van der Waals surface area contributed by atoms with E-state index in [0.717, 1.165) is 0 Å². The summed E-state index contributed by atoms with van der Waals surface area (Å²) in [5, 5.41) is 5.68. The molecule has 0 aromatic heterocycles. The highest BCUT2D eigenvalue weighted by Gasteiger charge is 2.24. The first-order valence-corrected chi connectivity index (χ1v) is 7.68. The molecule has 3 amide bonds. The summed E-state index contributed by atoms with van der Waals surface area (Å²) in [5.74, 6) is 2.53. The number of hydrogen-bond donors (Lipinski definition) is 2. The van der Waals surface area contributed by atoms with Crippen molar-refractivity contribution in [3.8, 4) is 12.3 Å². The van der Waals surface area contributed by atoms with Gasteiger partial charge in [0, 0.05) is 30.4 Å². The molecule has 122 valence electrons. The van der Waals surface area contributed by atoms with E-state index < -0.39 is 0 Å². The quantitative estimate of drug-likeness (QED) is 0.842. The third-order valence-electron chi connectivity index (χ3n) is 3.64. The lowest BCUT2D eigenvalue weighted by Crippen LogP contribution is -2.47. The monoisotopic (exact) mass is 315 g/mol. The normalized spacial score (nSPS) is 14.7. The number of urea groups is 1. The Morgan fingerprint density at radius 3 is 2.78 bits per heavy atom. The van der Waals surface area contributed by atoms with E-state index in [9.17, 15) is 9.59 Å². The topological polar surface area (TPSA) is 70.7 Å². The van der Waals surface area contributed by atoms with E-state index >= 15 is 0 Å². The molecule has 1 aromatic carbocycles. The lowest BCUT2D eigenvalue weighted by Gasteiger charge is -2.31. The molecule has 2 N–H and O–H groups in total. The Morgan fingerprint density at radius 1 is 1.39 bits per heavy atom. The van der Waals surface area contributed by atoms with E-state index in [4.69, 9.17) is 11.2 Å². The number of nitrogens with zero attached hydrogens (tertiary/aromatic N) is 1. The predicted molar refractivity (Wildman–Crippen MR) is 88.1 cm³/mol. The van der Waals surface area contributed by atoms with Crippen LogP contribution in [0.2, 0.25) is 0 Å². The molecule has 1 aliphatic heterocycles. The molecule has 1 aromatic rings. The second kappa shape index (κ2) is 8.08. The molecule has 1 fully saturated rings. The van der Waals surface area contributed by atoms with Crippen LogP contribution < -0.4 is 10.6 Å². The summed E-state index contributed by atoms with van der Waals surface area (Å²) in [6.07, 6.45) is 6.46. The van der Waals surface area contributed by atoms with Gasteiger partial charge in [-0.25, -0.2) is 9.59 Å². The predicted octanol–water partition coefficient (Wildman–Crippen LogP) is 2.41. The molecule has 23 heavy (non-hydrogen) atoms. The van der Waals surface area contributed by atoms with E-state index in [1.807, 2.05) is 0 Å². The van der Waals surface area contributed by atoms with Gasteiger partial charge in [0.25, 0.3) is 0 Å². The van der Waals surface area contributed by atoms with Crippen molar-refractivity contribution in [3.63, 3.8) is 0 Å². The van der Waals surface area contributed by atoms with Crippen molar-refractivity contribution in [2.45, 2.75) is 25.8 Å². The Bertz CT molecular complexity index is 601. The molecule has 0 aliphatic carbocycles. The summed E-state index contributed by atoms with van der Waals surface area (Å²) in [6.45, 7) is 3.31. The van der Waals surface area contributed by atoms with E-state index in [2.05, 4.69) is 16.6 Å². The van der Waals surface area contributed by atoms with Crippen molar-refractivity contribution < 1.29 is 14.3 Å². The zero-order valence-corrected chi connectivity index (χ0v) is 13.2. The molecule has 6 nitrogen and oxygen atoms in total. The minimum absolute atomic E-state index is 0.0384. The third-order valence-corrected chi connectivity index (χ3v) is 3.64. The first kappa shape index (κ1) is 16.7. The molecule has 0 unspecified atom stereocenters. The van der Waals surface area contributed by atoms with Gasteiger partial charge in [-0.2, -0.15) is 0 Å². The summed E-state index contributed by atoms with van der Waals surface area (Å²) in [5.41, 5.74) is 1.37. The van der Waals surface area contributed by atoms with E-state index in [0.29, 0.717) is 43.8 Å². The van der Waals surface area contributed by atoms with Gasteiger partial charge >= 0.3 is 12.1 Å². The zero-order valence-electron chi connectivity index (χ0n) is 13.2. The average molecular weight is 315 g/mol. The molecule has 0 atom stereocenters. The number of ether oxygens (including phenoxy) is 1. The molecule has 2 rings (SSSR count). The Kier molecular flexibility index (Phi) is 5.87. The molecule has 0 radical (unpaired) electrons. The summed E-state index contributed by atoms with van der Waals surface area (Å²) in [7, 11) is 0. The maximum Gasteiger partial charge on any atom is 0.409 e. The van der Waals surface area contributed by atoms with Crippen LogP contribution in [-0.2, 0) is 4.74 Å². The Labute approximate surface area is 136 Å². The van der Waals surface area contributed by atoms with Gasteiger partial charge in [0.2, 0.25) is 0 Å². The molecular weight excluding hydrogens is 294 g/mol. The molecular formula is C17H21N3O3. The number of carbonyl (C=O) groups excluding carboxylic acids is 2. The van der Waals surface area contributed by atoms with Crippen LogP contribution >= 0.6 is 0 Å². The second-order valence-electron chi connectivity index (χ2n) is 5.28. The maximum atomic E-state index is 12.0. The van der Waals surface area contributed by atoms with Crippen molar-refractivity contribution in [2.24, 2.45) is 0 Å². The van der Waals surface area contributed by atoms with Crippen LogP contribution in [0.15, 0.2) is 24.3 Å². The number of nitrogens with one attached hydrogen (secondary N) is 2. The number of hydrogen-bond acceptors (Lipinski definition) is 3. The van der Waals surface area contributed by atoms with Crippen LogP contribution in [-0.4, -0.2) is 42.8 Å². The lowest BCUT2D eigenvalue weighted by molar-refractivity contribution is 0.0959. The number of anilines is 1. The van der Waals surface area contributed by atoms with Gasteiger partial charge in [-0.3, -0.25) is 0 Å². The third kappa shape index (κ3) is 4.92. The summed E-state index contributed by atoms with van der Waals surface area (Å²) in [6, 6.07) is 6.88. The highest BCUT2D eigenvalue weighted by molar-refractivity contribution is 5.89. The fourth-order valence-electron chi connectivity index (χ4n) is 2.46. The van der Waals surface area contributed by atoms with Gasteiger partial charge in [-0.05, 0) is 38.0 Å². The number of likely N-dealkylation sites (tertiary alicyclic amines) is 1. The largest absolute Gasteiger partial charge is 0.450 e. The molecule has 1 saturated heterocycles. The van der Waals surface area contributed by atoms with Gasteiger partial charge in [0.1, 0.15) is 0 Å². The van der Waals surface area contributed by atoms with Gasteiger partial charge in [-0.1, -0.05) is 12.0 Å². The number of terminal acetylenes is 1. The SMILES string of the molecule is C#Cc1cccc(NC(=O)NC2CCN(C(=O)OCC)CC2)c1. The smallest absolute Gasteiger partial charge is 0.409 e. The molecule has 0 saturated carbocycles. The van der Waals surface area contributed by atoms with Crippen LogP contribution in [0.4, 0.5) is 15.3 Å². The molecule has 0 bridgehead atoms. The molecule has 0 spiro atoms. The van der Waals surface area contributed by atoms with Gasteiger partial charge in [0.05, 0.1) is 6.61 Å². The summed E-state index contributed by atoms with van der Waals surface area (Å²) in [4.78, 5) is 25.3. The zero-order chi connectivity index (χ0) is 16.7. The van der Waals surface area contributed by atoms with Crippen LogP contribution in [0, 0.1) is 12.3 Å². The number of carbonyl (C=O) groups is 2. The number of rotatable bonds is 3. The van der Waals surface area contributed by atoms with E-state index in [1.165, 1.54) is 0 Å². The molecule has 6 heteroatoms. The van der Waals surface area contributed by atoms with E-state index in [1.54, 1.807) is 36.1 Å². The Balaban J connectivity index is 1.78. The van der Waals surface area contributed by atoms with Gasteiger partial charge in [0.15, 0.2) is 0 Å². The van der Waals surface area contributed by atoms with Gasteiger partial charge in [-0.15, -0.1) is 6.42 Å². The average Bonchev–Trinajstić information content (AvgIpc) is 2.55. The first-order chi connectivity index (χ1) is 11.1. The Morgan fingerprint density at radius 2 is 2.13 bits per heavy atom. The summed E-state index contributed by atoms with van der Waals surface area (Å²) < 4.78 is 4.97. The molecule has 1 aliphatic rings.